The van der Waals surface area contributed by atoms with E-state index in [1.165, 1.54) is 0 Å². The van der Waals surface area contributed by atoms with Crippen LogP contribution in [0.15, 0.2) is 24.3 Å². The number of ether oxygens (including phenoxy) is 3. The number of aromatic amines is 1. The Balaban J connectivity index is 1.69. The van der Waals surface area contributed by atoms with E-state index in [0.29, 0.717) is 23.9 Å². The lowest BCUT2D eigenvalue weighted by Crippen LogP contribution is -1.95. The van der Waals surface area contributed by atoms with Crippen molar-refractivity contribution in [2.45, 2.75) is 6.61 Å². The van der Waals surface area contributed by atoms with Gasteiger partial charge in [-0.1, -0.05) is 0 Å². The smallest absolute Gasteiger partial charge is 0.231 e. The van der Waals surface area contributed by atoms with E-state index in [-0.39, 0.29) is 6.79 Å². The molecule has 0 saturated heterocycles. The number of nitrogens with zero attached hydrogens (tertiary/aromatic N) is 1. The molecule has 1 aromatic heterocycles. The fourth-order valence-corrected chi connectivity index (χ4v) is 1.58. The molecule has 3 N–H and O–H groups in total. The van der Waals surface area contributed by atoms with Crippen molar-refractivity contribution in [1.29, 1.82) is 0 Å². The zero-order chi connectivity index (χ0) is 11.7. The summed E-state index contributed by atoms with van der Waals surface area (Å²) in [5.74, 6) is 2.60. The minimum atomic E-state index is 0.260. The van der Waals surface area contributed by atoms with Gasteiger partial charge in [0.05, 0.1) is 5.69 Å². The lowest BCUT2D eigenvalue weighted by molar-refractivity contribution is 0.173. The minimum Gasteiger partial charge on any atom is -0.487 e. The zero-order valence-corrected chi connectivity index (χ0v) is 8.97. The molecule has 1 aliphatic heterocycles. The van der Waals surface area contributed by atoms with Gasteiger partial charge in [-0.3, -0.25) is 5.10 Å². The molecular formula is C11H11N3O3. The first-order chi connectivity index (χ1) is 8.31. The molecule has 0 radical (unpaired) electrons. The quantitative estimate of drug-likeness (QED) is 0.834. The number of nitrogens with one attached hydrogen (secondary N) is 1. The maximum atomic E-state index is 5.57. The van der Waals surface area contributed by atoms with Gasteiger partial charge in [0, 0.05) is 12.1 Å². The number of rotatable bonds is 3. The monoisotopic (exact) mass is 233 g/mol. The van der Waals surface area contributed by atoms with Gasteiger partial charge in [0.2, 0.25) is 6.79 Å². The maximum Gasteiger partial charge on any atom is 0.231 e. The average Bonchev–Trinajstić information content (AvgIpc) is 2.94. The Hall–Kier alpha value is -2.37. The summed E-state index contributed by atoms with van der Waals surface area (Å²) in [4.78, 5) is 0. The van der Waals surface area contributed by atoms with E-state index in [1.807, 2.05) is 12.1 Å². The van der Waals surface area contributed by atoms with Gasteiger partial charge < -0.3 is 19.9 Å². The van der Waals surface area contributed by atoms with Crippen molar-refractivity contribution in [3.05, 3.63) is 30.0 Å². The molecule has 88 valence electrons. The van der Waals surface area contributed by atoms with Crippen LogP contribution in [-0.2, 0) is 6.61 Å². The Morgan fingerprint density at radius 3 is 3.00 bits per heavy atom. The molecule has 3 rings (SSSR count). The molecule has 6 nitrogen and oxygen atoms in total. The number of anilines is 1. The van der Waals surface area contributed by atoms with Crippen LogP contribution in [0.1, 0.15) is 5.69 Å². The Kier molecular flexibility index (Phi) is 2.25. The first-order valence-corrected chi connectivity index (χ1v) is 5.13. The van der Waals surface area contributed by atoms with Crippen LogP contribution < -0.4 is 19.9 Å². The van der Waals surface area contributed by atoms with E-state index in [2.05, 4.69) is 10.2 Å². The molecule has 0 fully saturated rings. The van der Waals surface area contributed by atoms with E-state index in [1.54, 1.807) is 12.1 Å². The van der Waals surface area contributed by atoms with Crippen LogP contribution in [-0.4, -0.2) is 17.0 Å². The molecular weight excluding hydrogens is 222 g/mol. The first kappa shape index (κ1) is 9.83. The largest absolute Gasteiger partial charge is 0.487 e. The Bertz CT molecular complexity index is 539. The highest BCUT2D eigenvalue weighted by molar-refractivity contribution is 5.46. The van der Waals surface area contributed by atoms with Crippen molar-refractivity contribution in [3.63, 3.8) is 0 Å². The number of hydrogen-bond donors (Lipinski definition) is 2. The summed E-state index contributed by atoms with van der Waals surface area (Å²) >= 11 is 0. The molecule has 0 aliphatic carbocycles. The van der Waals surface area contributed by atoms with Crippen molar-refractivity contribution in [3.8, 4) is 17.2 Å². The van der Waals surface area contributed by atoms with E-state index in [4.69, 9.17) is 19.9 Å². The van der Waals surface area contributed by atoms with Crippen LogP contribution in [0.3, 0.4) is 0 Å². The van der Waals surface area contributed by atoms with E-state index in [0.717, 1.165) is 11.4 Å². The van der Waals surface area contributed by atoms with Crippen LogP contribution in [0.25, 0.3) is 0 Å². The molecule has 1 aromatic carbocycles. The van der Waals surface area contributed by atoms with Gasteiger partial charge >= 0.3 is 0 Å². The summed E-state index contributed by atoms with van der Waals surface area (Å²) in [6.07, 6.45) is 0. The molecule has 0 saturated carbocycles. The molecule has 0 amide bonds. The van der Waals surface area contributed by atoms with Crippen molar-refractivity contribution in [2.75, 3.05) is 12.5 Å². The normalized spacial score (nSPS) is 12.7. The van der Waals surface area contributed by atoms with E-state index < -0.39 is 0 Å². The maximum absolute atomic E-state index is 5.57. The van der Waals surface area contributed by atoms with Crippen molar-refractivity contribution < 1.29 is 14.2 Å². The van der Waals surface area contributed by atoms with Gasteiger partial charge in [-0.25, -0.2) is 0 Å². The summed E-state index contributed by atoms with van der Waals surface area (Å²) in [6.45, 7) is 0.639. The highest BCUT2D eigenvalue weighted by Crippen LogP contribution is 2.35. The summed E-state index contributed by atoms with van der Waals surface area (Å²) in [5.41, 5.74) is 6.31. The number of nitrogen functional groups attached to an aromatic ring is 1. The summed E-state index contributed by atoms with van der Waals surface area (Å²) in [7, 11) is 0. The van der Waals surface area contributed by atoms with Gasteiger partial charge in [0.25, 0.3) is 0 Å². The number of benzene rings is 1. The van der Waals surface area contributed by atoms with Crippen LogP contribution >= 0.6 is 0 Å². The fraction of sp³-hybridized carbons (Fsp3) is 0.182. The molecule has 0 atom stereocenters. The predicted molar refractivity (Wildman–Crippen MR) is 59.9 cm³/mol. The average molecular weight is 233 g/mol. The Morgan fingerprint density at radius 1 is 1.29 bits per heavy atom. The molecule has 2 heterocycles. The minimum absolute atomic E-state index is 0.260. The second-order valence-corrected chi connectivity index (χ2v) is 3.62. The second-order valence-electron chi connectivity index (χ2n) is 3.62. The lowest BCUT2D eigenvalue weighted by atomic mass is 10.3. The third-order valence-corrected chi connectivity index (χ3v) is 2.39. The molecule has 0 bridgehead atoms. The van der Waals surface area contributed by atoms with Gasteiger partial charge in [0.15, 0.2) is 11.5 Å². The Labute approximate surface area is 97.3 Å². The standard InChI is InChI=1S/C11H11N3O3/c12-11-3-7(13-14-11)5-15-8-1-2-9-10(4-8)17-6-16-9/h1-4H,5-6H2,(H3,12,13,14). The van der Waals surface area contributed by atoms with Crippen molar-refractivity contribution >= 4 is 5.82 Å². The number of aromatic nitrogens is 2. The number of nitrogens with two attached hydrogens (primary N) is 1. The molecule has 17 heavy (non-hydrogen) atoms. The molecule has 6 heteroatoms. The van der Waals surface area contributed by atoms with Crippen LogP contribution in [0, 0.1) is 0 Å². The van der Waals surface area contributed by atoms with Crippen LogP contribution in [0.2, 0.25) is 0 Å². The van der Waals surface area contributed by atoms with Crippen molar-refractivity contribution in [1.82, 2.24) is 10.2 Å². The van der Waals surface area contributed by atoms with Crippen LogP contribution in [0.5, 0.6) is 17.2 Å². The third-order valence-electron chi connectivity index (χ3n) is 2.39. The van der Waals surface area contributed by atoms with Gasteiger partial charge in [0.1, 0.15) is 18.2 Å². The van der Waals surface area contributed by atoms with E-state index in [9.17, 15) is 0 Å². The zero-order valence-electron chi connectivity index (χ0n) is 8.97. The SMILES string of the molecule is Nc1cc(COc2ccc3c(c2)OCO3)[nH]n1. The van der Waals surface area contributed by atoms with Gasteiger partial charge in [-0.2, -0.15) is 5.10 Å². The molecule has 1 aliphatic rings. The summed E-state index contributed by atoms with van der Waals surface area (Å²) < 4.78 is 16.0. The van der Waals surface area contributed by atoms with Crippen LogP contribution in [0.4, 0.5) is 5.82 Å². The number of H-pyrrole nitrogens is 1. The van der Waals surface area contributed by atoms with E-state index >= 15 is 0 Å². The van der Waals surface area contributed by atoms with Gasteiger partial charge in [-0.05, 0) is 12.1 Å². The third kappa shape index (κ3) is 1.96. The summed E-state index contributed by atoms with van der Waals surface area (Å²) in [6, 6.07) is 7.17. The molecule has 0 unspecified atom stereocenters. The highest BCUT2D eigenvalue weighted by Gasteiger charge is 2.13. The van der Waals surface area contributed by atoms with Gasteiger partial charge in [-0.15, -0.1) is 0 Å². The first-order valence-electron chi connectivity index (χ1n) is 5.13. The number of fused-ring (bicyclic) bond motifs is 1. The highest BCUT2D eigenvalue weighted by atomic mass is 16.7. The number of hydrogen-bond acceptors (Lipinski definition) is 5. The predicted octanol–water partition coefficient (Wildman–Crippen LogP) is 1.30. The molecule has 2 aromatic rings. The fourth-order valence-electron chi connectivity index (χ4n) is 1.58. The summed E-state index contributed by atoms with van der Waals surface area (Å²) in [5, 5.41) is 6.59. The topological polar surface area (TPSA) is 82.4 Å². The Morgan fingerprint density at radius 2 is 2.18 bits per heavy atom. The van der Waals surface area contributed by atoms with Crippen molar-refractivity contribution in [2.24, 2.45) is 0 Å². The molecule has 0 spiro atoms. The lowest BCUT2D eigenvalue weighted by Gasteiger charge is -2.05. The second kappa shape index (κ2) is 3.89.